The average Bonchev–Trinajstić information content (AvgIpc) is 2.97. The van der Waals surface area contributed by atoms with Gasteiger partial charge in [-0.25, -0.2) is 0 Å². The number of benzene rings is 4. The van der Waals surface area contributed by atoms with Crippen LogP contribution in [0.1, 0.15) is 51.4 Å². The molecule has 4 N–H and O–H groups in total. The summed E-state index contributed by atoms with van der Waals surface area (Å²) in [5.41, 5.74) is 5.63. The molecular formula is C34H38N4O2. The van der Waals surface area contributed by atoms with E-state index in [2.05, 4.69) is 21.3 Å². The van der Waals surface area contributed by atoms with Gasteiger partial charge in [0.15, 0.2) is 0 Å². The molecule has 0 aliphatic heterocycles. The van der Waals surface area contributed by atoms with E-state index in [9.17, 15) is 9.59 Å². The number of hydrogen-bond acceptors (Lipinski definition) is 4. The number of carbonyl (C=O) groups excluding carboxylic acids is 2. The second-order valence-corrected chi connectivity index (χ2v) is 9.85. The number of para-hydroxylation sites is 2. The smallest absolute Gasteiger partial charge is 0.224 e. The summed E-state index contributed by atoms with van der Waals surface area (Å²) in [4.78, 5) is 24.5. The van der Waals surface area contributed by atoms with Crippen LogP contribution in [0.4, 0.5) is 34.1 Å². The third-order valence-corrected chi connectivity index (χ3v) is 6.52. The molecule has 0 fully saturated rings. The van der Waals surface area contributed by atoms with Crippen molar-refractivity contribution in [1.82, 2.24) is 0 Å². The topological polar surface area (TPSA) is 82.3 Å². The molecule has 6 heteroatoms. The van der Waals surface area contributed by atoms with Crippen LogP contribution in [-0.4, -0.2) is 11.8 Å². The molecule has 0 aliphatic rings. The zero-order chi connectivity index (χ0) is 27.8. The molecule has 0 radical (unpaired) electrons. The molecule has 2 amide bonds. The van der Waals surface area contributed by atoms with Crippen molar-refractivity contribution in [3.63, 3.8) is 0 Å². The molecule has 0 spiro atoms. The fourth-order valence-corrected chi connectivity index (χ4v) is 4.38. The normalized spacial score (nSPS) is 10.5. The van der Waals surface area contributed by atoms with E-state index >= 15 is 0 Å². The summed E-state index contributed by atoms with van der Waals surface area (Å²) in [5, 5.41) is 12.6. The molecule has 0 bridgehead atoms. The lowest BCUT2D eigenvalue weighted by molar-refractivity contribution is -0.117. The van der Waals surface area contributed by atoms with E-state index in [1.54, 1.807) is 0 Å². The average molecular weight is 535 g/mol. The lowest BCUT2D eigenvalue weighted by Gasteiger charge is -2.09. The molecule has 0 heterocycles. The minimum atomic E-state index is 0.0457. The molecule has 0 aromatic heterocycles. The van der Waals surface area contributed by atoms with Crippen molar-refractivity contribution in [2.24, 2.45) is 0 Å². The summed E-state index contributed by atoms with van der Waals surface area (Å²) < 4.78 is 0. The van der Waals surface area contributed by atoms with Crippen LogP contribution in [0.2, 0.25) is 0 Å². The Morgan fingerprint density at radius 1 is 0.375 bits per heavy atom. The lowest BCUT2D eigenvalue weighted by Crippen LogP contribution is -2.11. The summed E-state index contributed by atoms with van der Waals surface area (Å²) in [6.45, 7) is 0. The fraction of sp³-hybridized carbons (Fsp3) is 0.235. The number of amides is 2. The Morgan fingerprint density at radius 3 is 1.05 bits per heavy atom. The first kappa shape index (κ1) is 28.4. The van der Waals surface area contributed by atoms with Gasteiger partial charge in [-0.3, -0.25) is 9.59 Å². The van der Waals surface area contributed by atoms with Crippen molar-refractivity contribution < 1.29 is 9.59 Å². The summed E-state index contributed by atoms with van der Waals surface area (Å²) in [5.74, 6) is 0.0913. The third kappa shape index (κ3) is 10.3. The summed E-state index contributed by atoms with van der Waals surface area (Å²) in [7, 11) is 0. The Labute approximate surface area is 237 Å². The molecule has 4 rings (SSSR count). The molecule has 0 aliphatic carbocycles. The second kappa shape index (κ2) is 15.7. The van der Waals surface area contributed by atoms with Gasteiger partial charge < -0.3 is 21.3 Å². The Hall–Kier alpha value is -4.58. The molecule has 0 saturated carbocycles. The van der Waals surface area contributed by atoms with Gasteiger partial charge in [0, 0.05) is 47.0 Å². The van der Waals surface area contributed by atoms with Crippen molar-refractivity contribution in [3.8, 4) is 0 Å². The van der Waals surface area contributed by atoms with E-state index in [0.717, 1.165) is 72.6 Å². The molecule has 40 heavy (non-hydrogen) atoms. The second-order valence-electron chi connectivity index (χ2n) is 9.85. The van der Waals surface area contributed by atoms with Crippen LogP contribution in [0.15, 0.2) is 109 Å². The summed E-state index contributed by atoms with van der Waals surface area (Å²) in [6.07, 6.45) is 6.96. The molecule has 4 aromatic carbocycles. The SMILES string of the molecule is O=C(CCCCCCCCC(=O)Nc1ccc(Nc2ccccc2)cc1)Nc1ccc(Nc2ccccc2)cc1. The van der Waals surface area contributed by atoms with Gasteiger partial charge in [0.2, 0.25) is 11.8 Å². The molecule has 0 saturated heterocycles. The molecule has 0 unspecified atom stereocenters. The maximum absolute atomic E-state index is 12.3. The first-order valence-corrected chi connectivity index (χ1v) is 14.1. The van der Waals surface area contributed by atoms with Gasteiger partial charge in [-0.15, -0.1) is 0 Å². The molecule has 4 aromatic rings. The summed E-state index contributed by atoms with van der Waals surface area (Å²) in [6, 6.07) is 35.5. The van der Waals surface area contributed by atoms with E-state index in [0.29, 0.717) is 12.8 Å². The predicted molar refractivity (Wildman–Crippen MR) is 167 cm³/mol. The molecular weight excluding hydrogens is 496 g/mol. The largest absolute Gasteiger partial charge is 0.356 e. The van der Waals surface area contributed by atoms with Crippen LogP contribution < -0.4 is 21.3 Å². The van der Waals surface area contributed by atoms with Gasteiger partial charge >= 0.3 is 0 Å². The van der Waals surface area contributed by atoms with Gasteiger partial charge in [0.25, 0.3) is 0 Å². The van der Waals surface area contributed by atoms with Crippen molar-refractivity contribution >= 4 is 45.9 Å². The summed E-state index contributed by atoms with van der Waals surface area (Å²) >= 11 is 0. The van der Waals surface area contributed by atoms with Crippen LogP contribution in [-0.2, 0) is 9.59 Å². The molecule has 0 atom stereocenters. The van der Waals surface area contributed by atoms with Crippen LogP contribution in [0.25, 0.3) is 0 Å². The first-order chi connectivity index (χ1) is 19.6. The quantitative estimate of drug-likeness (QED) is 0.115. The van der Waals surface area contributed by atoms with E-state index < -0.39 is 0 Å². The van der Waals surface area contributed by atoms with Crippen LogP contribution in [0, 0.1) is 0 Å². The zero-order valence-electron chi connectivity index (χ0n) is 22.9. The lowest BCUT2D eigenvalue weighted by atomic mass is 10.1. The molecule has 206 valence electrons. The Bertz CT molecular complexity index is 1200. The van der Waals surface area contributed by atoms with Crippen molar-refractivity contribution in [1.29, 1.82) is 0 Å². The van der Waals surface area contributed by atoms with Crippen molar-refractivity contribution in [3.05, 3.63) is 109 Å². The van der Waals surface area contributed by atoms with Gasteiger partial charge in [-0.05, 0) is 85.6 Å². The minimum Gasteiger partial charge on any atom is -0.356 e. The number of hydrogen-bond donors (Lipinski definition) is 4. The van der Waals surface area contributed by atoms with Gasteiger partial charge in [-0.1, -0.05) is 62.1 Å². The molecule has 6 nitrogen and oxygen atoms in total. The van der Waals surface area contributed by atoms with E-state index in [-0.39, 0.29) is 11.8 Å². The third-order valence-electron chi connectivity index (χ3n) is 6.52. The van der Waals surface area contributed by atoms with Crippen molar-refractivity contribution in [2.45, 2.75) is 51.4 Å². The zero-order valence-corrected chi connectivity index (χ0v) is 22.9. The Balaban J connectivity index is 1.01. The van der Waals surface area contributed by atoms with Gasteiger partial charge in [0.05, 0.1) is 0 Å². The van der Waals surface area contributed by atoms with E-state index in [1.165, 1.54) is 0 Å². The number of carbonyl (C=O) groups is 2. The number of anilines is 6. The fourth-order valence-electron chi connectivity index (χ4n) is 4.38. The highest BCUT2D eigenvalue weighted by Crippen LogP contribution is 2.20. The van der Waals surface area contributed by atoms with Crippen LogP contribution >= 0.6 is 0 Å². The predicted octanol–water partition coefficient (Wildman–Crippen LogP) is 8.87. The van der Waals surface area contributed by atoms with Gasteiger partial charge in [0.1, 0.15) is 0 Å². The van der Waals surface area contributed by atoms with Crippen molar-refractivity contribution in [2.75, 3.05) is 21.3 Å². The Morgan fingerprint density at radius 2 is 0.675 bits per heavy atom. The maximum Gasteiger partial charge on any atom is 0.224 e. The number of unbranched alkanes of at least 4 members (excludes halogenated alkanes) is 5. The minimum absolute atomic E-state index is 0.0457. The maximum atomic E-state index is 12.3. The number of nitrogens with one attached hydrogen (secondary N) is 4. The first-order valence-electron chi connectivity index (χ1n) is 14.1. The van der Waals surface area contributed by atoms with Crippen LogP contribution in [0.3, 0.4) is 0 Å². The highest BCUT2D eigenvalue weighted by atomic mass is 16.2. The van der Waals surface area contributed by atoms with Gasteiger partial charge in [-0.2, -0.15) is 0 Å². The standard InChI is InChI=1S/C34H38N4O2/c39-33(37-31-23-19-29(20-24-31)35-27-13-7-5-8-14-27)17-11-3-1-2-4-12-18-34(40)38-32-25-21-30(22-26-32)36-28-15-9-6-10-16-28/h5-10,13-16,19-26,35-36H,1-4,11-12,17-18H2,(H,37,39)(H,38,40). The monoisotopic (exact) mass is 534 g/mol. The highest BCUT2D eigenvalue weighted by molar-refractivity contribution is 5.91. The van der Waals surface area contributed by atoms with Crippen LogP contribution in [0.5, 0.6) is 0 Å². The van der Waals surface area contributed by atoms with E-state index in [1.807, 2.05) is 109 Å². The Kier molecular flexibility index (Phi) is 11.2. The number of rotatable bonds is 15. The van der Waals surface area contributed by atoms with E-state index in [4.69, 9.17) is 0 Å². The highest BCUT2D eigenvalue weighted by Gasteiger charge is 2.05.